The number of hydrogen-bond acceptors (Lipinski definition) is 2. The molecule has 0 unspecified atom stereocenters. The molecule has 2 nitrogen and oxygen atoms in total. The zero-order chi connectivity index (χ0) is 10.7. The Bertz CT molecular complexity index is 350. The zero-order valence-electron chi connectivity index (χ0n) is 7.26. The summed E-state index contributed by atoms with van der Waals surface area (Å²) < 4.78 is 40.4. The minimum atomic E-state index is -3.00. The Morgan fingerprint density at radius 1 is 1.43 bits per heavy atom. The Balaban J connectivity index is 2.94. The molecule has 0 heterocycles. The third-order valence-electron chi connectivity index (χ3n) is 1.55. The number of alkyl halides is 2. The molecule has 0 aliphatic heterocycles. The lowest BCUT2D eigenvalue weighted by Crippen LogP contribution is -2.03. The van der Waals surface area contributed by atoms with Crippen LogP contribution in [0.5, 0.6) is 5.75 Å². The van der Waals surface area contributed by atoms with Crippen molar-refractivity contribution in [1.29, 1.82) is 0 Å². The Morgan fingerprint density at radius 3 is 2.50 bits per heavy atom. The van der Waals surface area contributed by atoms with Crippen molar-refractivity contribution in [3.63, 3.8) is 0 Å². The topological polar surface area (TPSA) is 26.3 Å². The molecule has 1 aromatic rings. The predicted octanol–water partition coefficient (Wildman–Crippen LogP) is 2.63. The van der Waals surface area contributed by atoms with Gasteiger partial charge in [0.2, 0.25) is 0 Å². The van der Waals surface area contributed by atoms with Crippen LogP contribution in [0.4, 0.5) is 13.2 Å². The van der Waals surface area contributed by atoms with Crippen molar-refractivity contribution in [1.82, 2.24) is 0 Å². The number of halogens is 3. The lowest BCUT2D eigenvalue weighted by atomic mass is 10.1. The molecule has 0 bridgehead atoms. The molecule has 5 heteroatoms. The van der Waals surface area contributed by atoms with E-state index >= 15 is 0 Å². The lowest BCUT2D eigenvalue weighted by molar-refractivity contribution is -0.0499. The van der Waals surface area contributed by atoms with Gasteiger partial charge in [0.15, 0.2) is 5.78 Å². The van der Waals surface area contributed by atoms with Gasteiger partial charge in [-0.3, -0.25) is 4.79 Å². The van der Waals surface area contributed by atoms with Crippen molar-refractivity contribution in [2.75, 3.05) is 0 Å². The highest BCUT2D eigenvalue weighted by atomic mass is 19.3. The standard InChI is InChI=1S/C9H7F3O2/c1-5(13)7-3-2-6(4-8(7)10)14-9(11)12/h2-4,9H,1H3. The van der Waals surface area contributed by atoms with E-state index in [4.69, 9.17) is 0 Å². The number of carbonyl (C=O) groups excluding carboxylic acids is 1. The number of carbonyl (C=O) groups is 1. The van der Waals surface area contributed by atoms with Crippen LogP contribution < -0.4 is 4.74 Å². The molecule has 1 aromatic carbocycles. The van der Waals surface area contributed by atoms with Gasteiger partial charge in [0.05, 0.1) is 5.56 Å². The lowest BCUT2D eigenvalue weighted by Gasteiger charge is -2.05. The van der Waals surface area contributed by atoms with Gasteiger partial charge in [-0.1, -0.05) is 0 Å². The molecule has 14 heavy (non-hydrogen) atoms. The summed E-state index contributed by atoms with van der Waals surface area (Å²) >= 11 is 0. The fourth-order valence-corrected chi connectivity index (χ4v) is 0.958. The second-order valence-corrected chi connectivity index (χ2v) is 2.58. The average Bonchev–Trinajstić information content (AvgIpc) is 2.01. The first-order chi connectivity index (χ1) is 6.50. The molecule has 76 valence electrons. The maximum absolute atomic E-state index is 13.0. The maximum Gasteiger partial charge on any atom is 0.387 e. The number of Topliss-reactive ketones (excluding diaryl/α,β-unsaturated/α-hetero) is 1. The van der Waals surface area contributed by atoms with Crippen LogP contribution in [0.15, 0.2) is 18.2 Å². The summed E-state index contributed by atoms with van der Waals surface area (Å²) in [5, 5.41) is 0. The molecule has 0 fully saturated rings. The van der Waals surface area contributed by atoms with Crippen molar-refractivity contribution in [2.45, 2.75) is 13.5 Å². The molecule has 0 aliphatic rings. The van der Waals surface area contributed by atoms with Crippen LogP contribution in [0.2, 0.25) is 0 Å². The van der Waals surface area contributed by atoms with Crippen molar-refractivity contribution < 1.29 is 22.7 Å². The van der Waals surface area contributed by atoms with Crippen LogP contribution in [0.3, 0.4) is 0 Å². The molecule has 1 rings (SSSR count). The van der Waals surface area contributed by atoms with E-state index in [0.717, 1.165) is 18.2 Å². The van der Waals surface area contributed by atoms with Gasteiger partial charge in [-0.15, -0.1) is 0 Å². The van der Waals surface area contributed by atoms with Gasteiger partial charge in [0.25, 0.3) is 0 Å². The van der Waals surface area contributed by atoms with Gasteiger partial charge in [0.1, 0.15) is 11.6 Å². The van der Waals surface area contributed by atoms with Gasteiger partial charge in [0, 0.05) is 6.07 Å². The minimum Gasteiger partial charge on any atom is -0.435 e. The largest absolute Gasteiger partial charge is 0.435 e. The summed E-state index contributed by atoms with van der Waals surface area (Å²) in [5.41, 5.74) is -0.147. The van der Waals surface area contributed by atoms with E-state index < -0.39 is 18.2 Å². The first kappa shape index (κ1) is 10.6. The first-order valence-electron chi connectivity index (χ1n) is 3.76. The van der Waals surface area contributed by atoms with Crippen LogP contribution in [-0.2, 0) is 0 Å². The van der Waals surface area contributed by atoms with Crippen molar-refractivity contribution in [3.8, 4) is 5.75 Å². The van der Waals surface area contributed by atoms with Gasteiger partial charge in [-0.25, -0.2) is 4.39 Å². The highest BCUT2D eigenvalue weighted by molar-refractivity contribution is 5.94. The van der Waals surface area contributed by atoms with Crippen molar-refractivity contribution in [2.24, 2.45) is 0 Å². The van der Waals surface area contributed by atoms with Crippen LogP contribution in [0, 0.1) is 5.82 Å². The number of rotatable bonds is 3. The summed E-state index contributed by atoms with van der Waals surface area (Å²) in [5.74, 6) is -1.63. The molecule has 0 saturated carbocycles. The van der Waals surface area contributed by atoms with Gasteiger partial charge in [-0.2, -0.15) is 8.78 Å². The van der Waals surface area contributed by atoms with E-state index in [2.05, 4.69) is 4.74 Å². The monoisotopic (exact) mass is 204 g/mol. The molecule has 0 saturated heterocycles. The Labute approximate surface area is 78.3 Å². The number of ketones is 1. The van der Waals surface area contributed by atoms with E-state index in [9.17, 15) is 18.0 Å². The van der Waals surface area contributed by atoms with E-state index in [1.54, 1.807) is 0 Å². The zero-order valence-corrected chi connectivity index (χ0v) is 7.26. The molecular formula is C9H7F3O2. The second kappa shape index (κ2) is 4.13. The molecule has 0 amide bonds. The molecule has 0 atom stereocenters. The molecule has 0 spiro atoms. The Hall–Kier alpha value is -1.52. The summed E-state index contributed by atoms with van der Waals surface area (Å²) in [6, 6.07) is 2.98. The van der Waals surface area contributed by atoms with Crippen LogP contribution >= 0.6 is 0 Å². The Morgan fingerprint density at radius 2 is 2.07 bits per heavy atom. The van der Waals surface area contributed by atoms with E-state index in [-0.39, 0.29) is 11.3 Å². The molecule has 0 radical (unpaired) electrons. The SMILES string of the molecule is CC(=O)c1ccc(OC(F)F)cc1F. The predicted molar refractivity (Wildman–Crippen MR) is 43.0 cm³/mol. The van der Waals surface area contributed by atoms with Crippen LogP contribution in [-0.4, -0.2) is 12.4 Å². The van der Waals surface area contributed by atoms with E-state index in [1.165, 1.54) is 6.92 Å². The van der Waals surface area contributed by atoms with Gasteiger partial charge < -0.3 is 4.74 Å². The molecular weight excluding hydrogens is 197 g/mol. The fraction of sp³-hybridized carbons (Fsp3) is 0.222. The summed E-state index contributed by atoms with van der Waals surface area (Å²) in [4.78, 5) is 10.8. The van der Waals surface area contributed by atoms with Crippen molar-refractivity contribution in [3.05, 3.63) is 29.6 Å². The fourth-order valence-electron chi connectivity index (χ4n) is 0.958. The molecule has 0 N–H and O–H groups in total. The van der Waals surface area contributed by atoms with Gasteiger partial charge in [-0.05, 0) is 19.1 Å². The maximum atomic E-state index is 13.0. The molecule has 0 aliphatic carbocycles. The highest BCUT2D eigenvalue weighted by Gasteiger charge is 2.10. The second-order valence-electron chi connectivity index (χ2n) is 2.58. The third kappa shape index (κ3) is 2.48. The van der Waals surface area contributed by atoms with Crippen molar-refractivity contribution >= 4 is 5.78 Å². The van der Waals surface area contributed by atoms with Gasteiger partial charge >= 0.3 is 6.61 Å². The number of ether oxygens (including phenoxy) is 1. The number of benzene rings is 1. The smallest absolute Gasteiger partial charge is 0.387 e. The normalized spacial score (nSPS) is 10.4. The van der Waals surface area contributed by atoms with Crippen LogP contribution in [0.1, 0.15) is 17.3 Å². The molecule has 0 aromatic heterocycles. The summed E-state index contributed by atoms with van der Waals surface area (Å²) in [7, 11) is 0. The van der Waals surface area contributed by atoms with E-state index in [0.29, 0.717) is 0 Å². The Kier molecular flexibility index (Phi) is 3.11. The summed E-state index contributed by atoms with van der Waals surface area (Å²) in [6.45, 7) is -1.82. The number of hydrogen-bond donors (Lipinski definition) is 0. The average molecular weight is 204 g/mol. The van der Waals surface area contributed by atoms with E-state index in [1.807, 2.05) is 0 Å². The van der Waals surface area contributed by atoms with Crippen LogP contribution in [0.25, 0.3) is 0 Å². The highest BCUT2D eigenvalue weighted by Crippen LogP contribution is 2.18. The minimum absolute atomic E-state index is 0.147. The summed E-state index contributed by atoms with van der Waals surface area (Å²) in [6.07, 6.45) is 0. The quantitative estimate of drug-likeness (QED) is 0.707. The third-order valence-corrected chi connectivity index (χ3v) is 1.55. The first-order valence-corrected chi connectivity index (χ1v) is 3.76.